The van der Waals surface area contributed by atoms with Crippen LogP contribution in [0.15, 0.2) is 18.2 Å². The van der Waals surface area contributed by atoms with Gasteiger partial charge in [-0.15, -0.1) is 0 Å². The van der Waals surface area contributed by atoms with Crippen molar-refractivity contribution in [1.82, 2.24) is 9.78 Å². The second kappa shape index (κ2) is 3.40. The maximum Gasteiger partial charge on any atom is 0.151 e. The molecule has 1 heterocycles. The summed E-state index contributed by atoms with van der Waals surface area (Å²) in [6.07, 6.45) is 1.01. The van der Waals surface area contributed by atoms with Crippen molar-refractivity contribution in [3.8, 4) is 0 Å². The molecule has 0 aliphatic heterocycles. The molecule has 0 saturated heterocycles. The summed E-state index contributed by atoms with van der Waals surface area (Å²) in [5.74, 6) is -0.236. The number of hydrogen-bond donors (Lipinski definition) is 0. The Balaban J connectivity index is 2.67. The molecule has 0 aliphatic carbocycles. The zero-order chi connectivity index (χ0) is 10.1. The Bertz CT molecular complexity index is 460. The summed E-state index contributed by atoms with van der Waals surface area (Å²) in [6.45, 7) is 4.91. The number of nitrogens with zero attached hydrogens (tertiary/aromatic N) is 2. The van der Waals surface area contributed by atoms with E-state index in [0.717, 1.165) is 24.0 Å². The lowest BCUT2D eigenvalue weighted by Gasteiger charge is -1.99. The van der Waals surface area contributed by atoms with Gasteiger partial charge in [-0.2, -0.15) is 5.10 Å². The topological polar surface area (TPSA) is 17.8 Å². The normalized spacial score (nSPS) is 11.1. The zero-order valence-corrected chi connectivity index (χ0v) is 8.42. The van der Waals surface area contributed by atoms with E-state index in [1.165, 1.54) is 6.07 Å². The molecule has 0 bridgehead atoms. The fourth-order valence-electron chi connectivity index (χ4n) is 1.67. The highest BCUT2D eigenvalue weighted by Crippen LogP contribution is 2.20. The molecule has 0 spiro atoms. The molecule has 0 fully saturated rings. The lowest BCUT2D eigenvalue weighted by molar-refractivity contribution is 0.584. The van der Waals surface area contributed by atoms with Gasteiger partial charge in [-0.05, 0) is 19.4 Å². The van der Waals surface area contributed by atoms with Gasteiger partial charge in [0.2, 0.25) is 0 Å². The molecule has 1 aromatic carbocycles. The van der Waals surface area contributed by atoms with Crippen LogP contribution < -0.4 is 0 Å². The molecule has 0 radical (unpaired) electrons. The minimum Gasteiger partial charge on any atom is -0.269 e. The predicted molar refractivity (Wildman–Crippen MR) is 54.7 cm³/mol. The van der Waals surface area contributed by atoms with E-state index in [4.69, 9.17) is 0 Å². The first-order valence-electron chi connectivity index (χ1n) is 4.85. The molecule has 0 atom stereocenters. The fourth-order valence-corrected chi connectivity index (χ4v) is 1.67. The monoisotopic (exact) mass is 192 g/mol. The van der Waals surface area contributed by atoms with E-state index >= 15 is 0 Å². The largest absolute Gasteiger partial charge is 0.269 e. The van der Waals surface area contributed by atoms with Crippen molar-refractivity contribution in [3.05, 3.63) is 29.7 Å². The van der Waals surface area contributed by atoms with Gasteiger partial charge in [0.25, 0.3) is 0 Å². The highest BCUT2D eigenvalue weighted by atomic mass is 19.1. The van der Waals surface area contributed by atoms with Crippen LogP contribution in [-0.2, 0) is 6.54 Å². The number of aryl methyl sites for hydroxylation is 2. The Morgan fingerprint density at radius 2 is 2.21 bits per heavy atom. The maximum atomic E-state index is 13.3. The highest BCUT2D eigenvalue weighted by molar-refractivity contribution is 5.81. The number of rotatable bonds is 2. The zero-order valence-electron chi connectivity index (χ0n) is 8.42. The Kier molecular flexibility index (Phi) is 2.23. The summed E-state index contributed by atoms with van der Waals surface area (Å²) in [4.78, 5) is 0. The van der Waals surface area contributed by atoms with E-state index in [2.05, 4.69) is 12.0 Å². The van der Waals surface area contributed by atoms with Crippen molar-refractivity contribution in [1.29, 1.82) is 0 Å². The average molecular weight is 192 g/mol. The van der Waals surface area contributed by atoms with Gasteiger partial charge in [0.1, 0.15) is 5.52 Å². The van der Waals surface area contributed by atoms with E-state index in [1.807, 2.05) is 17.7 Å². The molecule has 3 heteroatoms. The van der Waals surface area contributed by atoms with Gasteiger partial charge in [0.15, 0.2) is 5.82 Å². The van der Waals surface area contributed by atoms with E-state index in [9.17, 15) is 4.39 Å². The lowest BCUT2D eigenvalue weighted by atomic mass is 10.2. The number of aromatic nitrogens is 2. The number of fused-ring (bicyclic) bond motifs is 1. The number of benzene rings is 1. The Labute approximate surface area is 82.3 Å². The van der Waals surface area contributed by atoms with E-state index in [0.29, 0.717) is 5.52 Å². The SMILES string of the molecule is CCCn1nc2c(F)cccc2c1C. The Morgan fingerprint density at radius 3 is 2.86 bits per heavy atom. The standard InChI is InChI=1S/C11H13FN2/c1-3-7-14-8(2)9-5-4-6-10(12)11(9)13-14/h4-6H,3,7H2,1-2H3. The Hall–Kier alpha value is -1.38. The summed E-state index contributed by atoms with van der Waals surface area (Å²) >= 11 is 0. The first-order chi connectivity index (χ1) is 6.74. The molecule has 0 unspecified atom stereocenters. The highest BCUT2D eigenvalue weighted by Gasteiger charge is 2.09. The smallest absolute Gasteiger partial charge is 0.151 e. The quantitative estimate of drug-likeness (QED) is 0.715. The van der Waals surface area contributed by atoms with Crippen LogP contribution in [0.4, 0.5) is 4.39 Å². The second-order valence-corrected chi connectivity index (χ2v) is 3.44. The predicted octanol–water partition coefficient (Wildman–Crippen LogP) is 2.89. The van der Waals surface area contributed by atoms with E-state index in [1.54, 1.807) is 6.07 Å². The van der Waals surface area contributed by atoms with Gasteiger partial charge in [-0.3, -0.25) is 4.68 Å². The third kappa shape index (κ3) is 1.29. The molecule has 1 aromatic heterocycles. The third-order valence-corrected chi connectivity index (χ3v) is 2.42. The molecule has 0 aliphatic rings. The molecular weight excluding hydrogens is 179 g/mol. The van der Waals surface area contributed by atoms with Gasteiger partial charge >= 0.3 is 0 Å². The summed E-state index contributed by atoms with van der Waals surface area (Å²) in [5, 5.41) is 5.16. The average Bonchev–Trinajstić information content (AvgIpc) is 2.48. The molecular formula is C11H13FN2. The van der Waals surface area contributed by atoms with Crippen molar-refractivity contribution in [2.24, 2.45) is 0 Å². The number of halogens is 1. The van der Waals surface area contributed by atoms with Crippen molar-refractivity contribution in [2.45, 2.75) is 26.8 Å². The summed E-state index contributed by atoms with van der Waals surface area (Å²) in [5.41, 5.74) is 1.53. The number of hydrogen-bond acceptors (Lipinski definition) is 1. The molecule has 0 saturated carbocycles. The first kappa shape index (κ1) is 9.19. The van der Waals surface area contributed by atoms with Crippen LogP contribution in [0.2, 0.25) is 0 Å². The third-order valence-electron chi connectivity index (χ3n) is 2.42. The van der Waals surface area contributed by atoms with Crippen molar-refractivity contribution >= 4 is 10.9 Å². The van der Waals surface area contributed by atoms with Gasteiger partial charge in [0.05, 0.1) is 0 Å². The van der Waals surface area contributed by atoms with Gasteiger partial charge in [0, 0.05) is 17.6 Å². The van der Waals surface area contributed by atoms with Gasteiger partial charge < -0.3 is 0 Å². The molecule has 2 aromatic rings. The van der Waals surface area contributed by atoms with Crippen molar-refractivity contribution in [2.75, 3.05) is 0 Å². The van der Waals surface area contributed by atoms with Crippen molar-refractivity contribution < 1.29 is 4.39 Å². The molecule has 2 nitrogen and oxygen atoms in total. The van der Waals surface area contributed by atoms with E-state index in [-0.39, 0.29) is 5.82 Å². The van der Waals surface area contributed by atoms with Gasteiger partial charge in [-0.1, -0.05) is 19.1 Å². The molecule has 2 rings (SSSR count). The molecule has 0 N–H and O–H groups in total. The van der Waals surface area contributed by atoms with E-state index < -0.39 is 0 Å². The van der Waals surface area contributed by atoms with Crippen LogP contribution in [-0.4, -0.2) is 9.78 Å². The first-order valence-corrected chi connectivity index (χ1v) is 4.85. The van der Waals surface area contributed by atoms with Crippen LogP contribution in [0.1, 0.15) is 19.0 Å². The van der Waals surface area contributed by atoms with Crippen LogP contribution in [0.3, 0.4) is 0 Å². The molecule has 74 valence electrons. The van der Waals surface area contributed by atoms with Gasteiger partial charge in [-0.25, -0.2) is 4.39 Å². The van der Waals surface area contributed by atoms with Crippen LogP contribution in [0.25, 0.3) is 10.9 Å². The van der Waals surface area contributed by atoms with Crippen LogP contribution >= 0.6 is 0 Å². The minimum absolute atomic E-state index is 0.236. The summed E-state index contributed by atoms with van der Waals surface area (Å²) < 4.78 is 15.2. The molecule has 0 amide bonds. The lowest BCUT2D eigenvalue weighted by Crippen LogP contribution is -2.00. The van der Waals surface area contributed by atoms with Crippen LogP contribution in [0, 0.1) is 12.7 Å². The molecule has 14 heavy (non-hydrogen) atoms. The summed E-state index contributed by atoms with van der Waals surface area (Å²) in [6, 6.07) is 5.08. The maximum absolute atomic E-state index is 13.3. The van der Waals surface area contributed by atoms with Crippen molar-refractivity contribution in [3.63, 3.8) is 0 Å². The fraction of sp³-hybridized carbons (Fsp3) is 0.364. The minimum atomic E-state index is -0.236. The second-order valence-electron chi connectivity index (χ2n) is 3.44. The summed E-state index contributed by atoms with van der Waals surface area (Å²) in [7, 11) is 0. The van der Waals surface area contributed by atoms with Crippen LogP contribution in [0.5, 0.6) is 0 Å². The Morgan fingerprint density at radius 1 is 1.43 bits per heavy atom.